The van der Waals surface area contributed by atoms with Gasteiger partial charge in [0.1, 0.15) is 5.75 Å². The Bertz CT molecular complexity index is 344. The zero-order chi connectivity index (χ0) is 12.8. The third-order valence-corrected chi connectivity index (χ3v) is 3.73. The minimum Gasteiger partial charge on any atom is -0.497 e. The number of methoxy groups -OCH3 is 1. The van der Waals surface area contributed by atoms with Gasteiger partial charge in [-0.3, -0.25) is 0 Å². The Morgan fingerprint density at radius 2 is 1.89 bits per heavy atom. The summed E-state index contributed by atoms with van der Waals surface area (Å²) < 4.78 is 5.18. The molecule has 1 aliphatic heterocycles. The highest BCUT2D eigenvalue weighted by molar-refractivity contribution is 5.27. The third kappa shape index (κ3) is 3.72. The second-order valence-electron chi connectivity index (χ2n) is 5.16. The maximum absolute atomic E-state index is 5.90. The molecule has 0 amide bonds. The number of likely N-dealkylation sites (tertiary alicyclic amines) is 1. The molecule has 0 aromatic heterocycles. The maximum Gasteiger partial charge on any atom is 0.118 e. The molecule has 0 spiro atoms. The highest BCUT2D eigenvalue weighted by atomic mass is 16.5. The fraction of sp³-hybridized carbons (Fsp3) is 0.600. The summed E-state index contributed by atoms with van der Waals surface area (Å²) in [6, 6.07) is 8.34. The smallest absolute Gasteiger partial charge is 0.118 e. The predicted octanol–water partition coefficient (Wildman–Crippen LogP) is 1.91. The van der Waals surface area contributed by atoms with E-state index < -0.39 is 0 Å². The second kappa shape index (κ2) is 6.76. The van der Waals surface area contributed by atoms with E-state index in [0.717, 1.165) is 25.3 Å². The monoisotopic (exact) mass is 248 g/mol. The first-order valence-corrected chi connectivity index (χ1v) is 6.87. The predicted molar refractivity (Wildman–Crippen MR) is 74.9 cm³/mol. The van der Waals surface area contributed by atoms with E-state index in [-0.39, 0.29) is 0 Å². The fourth-order valence-electron chi connectivity index (χ4n) is 2.65. The van der Waals surface area contributed by atoms with Crippen LogP contribution >= 0.6 is 0 Å². The van der Waals surface area contributed by atoms with Crippen molar-refractivity contribution >= 4 is 0 Å². The second-order valence-corrected chi connectivity index (χ2v) is 5.16. The van der Waals surface area contributed by atoms with Crippen LogP contribution in [0.5, 0.6) is 5.75 Å². The summed E-state index contributed by atoms with van der Waals surface area (Å²) in [4.78, 5) is 2.54. The summed E-state index contributed by atoms with van der Waals surface area (Å²) in [7, 11) is 1.70. The van der Waals surface area contributed by atoms with Crippen LogP contribution in [-0.2, 0) is 6.42 Å². The van der Waals surface area contributed by atoms with E-state index >= 15 is 0 Å². The number of hydrogen-bond acceptors (Lipinski definition) is 3. The SMILES string of the molecule is COc1ccc(CC(CN)CN2CCCC2)cc1. The Kier molecular flexibility index (Phi) is 5.02. The first kappa shape index (κ1) is 13.4. The molecule has 1 fully saturated rings. The molecule has 2 N–H and O–H groups in total. The molecule has 1 heterocycles. The zero-order valence-corrected chi connectivity index (χ0v) is 11.3. The van der Waals surface area contributed by atoms with Crippen LogP contribution in [0, 0.1) is 5.92 Å². The lowest BCUT2D eigenvalue weighted by molar-refractivity contribution is 0.279. The molecule has 18 heavy (non-hydrogen) atoms. The molecule has 1 aromatic rings. The van der Waals surface area contributed by atoms with Crippen molar-refractivity contribution in [3.05, 3.63) is 29.8 Å². The van der Waals surface area contributed by atoms with Crippen molar-refractivity contribution in [1.29, 1.82) is 0 Å². The molecule has 0 radical (unpaired) electrons. The van der Waals surface area contributed by atoms with Crippen LogP contribution in [0.25, 0.3) is 0 Å². The topological polar surface area (TPSA) is 38.5 Å². The van der Waals surface area contributed by atoms with Gasteiger partial charge >= 0.3 is 0 Å². The van der Waals surface area contributed by atoms with Gasteiger partial charge in [0.05, 0.1) is 7.11 Å². The van der Waals surface area contributed by atoms with Gasteiger partial charge in [0.25, 0.3) is 0 Å². The maximum atomic E-state index is 5.90. The fourth-order valence-corrected chi connectivity index (χ4v) is 2.65. The summed E-state index contributed by atoms with van der Waals surface area (Å²) in [5, 5.41) is 0. The van der Waals surface area contributed by atoms with Crippen molar-refractivity contribution in [1.82, 2.24) is 4.90 Å². The van der Waals surface area contributed by atoms with Crippen molar-refractivity contribution in [3.8, 4) is 5.75 Å². The number of nitrogens with zero attached hydrogens (tertiary/aromatic N) is 1. The average molecular weight is 248 g/mol. The lowest BCUT2D eigenvalue weighted by Gasteiger charge is -2.22. The van der Waals surface area contributed by atoms with E-state index in [2.05, 4.69) is 17.0 Å². The lowest BCUT2D eigenvalue weighted by Crippen LogP contribution is -2.32. The van der Waals surface area contributed by atoms with Crippen LogP contribution in [0.1, 0.15) is 18.4 Å². The van der Waals surface area contributed by atoms with Gasteiger partial charge in [-0.1, -0.05) is 12.1 Å². The molecular formula is C15H24N2O. The van der Waals surface area contributed by atoms with Crippen LogP contribution in [-0.4, -0.2) is 38.2 Å². The van der Waals surface area contributed by atoms with E-state index in [9.17, 15) is 0 Å². The number of ether oxygens (including phenoxy) is 1. The van der Waals surface area contributed by atoms with E-state index in [1.165, 1.54) is 31.5 Å². The summed E-state index contributed by atoms with van der Waals surface area (Å²) in [5.41, 5.74) is 7.26. The quantitative estimate of drug-likeness (QED) is 0.836. The number of rotatable bonds is 6. The molecule has 0 bridgehead atoms. The summed E-state index contributed by atoms with van der Waals surface area (Å²) >= 11 is 0. The Balaban J connectivity index is 1.87. The van der Waals surface area contributed by atoms with Gasteiger partial charge in [-0.25, -0.2) is 0 Å². The van der Waals surface area contributed by atoms with Crippen molar-refractivity contribution < 1.29 is 4.74 Å². The van der Waals surface area contributed by atoms with Gasteiger partial charge in [0.2, 0.25) is 0 Å². The molecule has 3 heteroatoms. The normalized spacial score (nSPS) is 17.9. The minimum absolute atomic E-state index is 0.566. The third-order valence-electron chi connectivity index (χ3n) is 3.73. The van der Waals surface area contributed by atoms with Crippen LogP contribution in [0.4, 0.5) is 0 Å². The van der Waals surface area contributed by atoms with Crippen LogP contribution < -0.4 is 10.5 Å². The molecule has 1 unspecified atom stereocenters. The molecule has 1 aliphatic rings. The summed E-state index contributed by atoms with van der Waals surface area (Å²) in [6.07, 6.45) is 3.76. The zero-order valence-electron chi connectivity index (χ0n) is 11.3. The molecule has 0 saturated carbocycles. The summed E-state index contributed by atoms with van der Waals surface area (Å²) in [6.45, 7) is 4.41. The van der Waals surface area contributed by atoms with Gasteiger partial charge in [-0.15, -0.1) is 0 Å². The minimum atomic E-state index is 0.566. The van der Waals surface area contributed by atoms with E-state index in [0.29, 0.717) is 5.92 Å². The van der Waals surface area contributed by atoms with E-state index in [1.807, 2.05) is 12.1 Å². The Labute approximate surface area is 110 Å². The average Bonchev–Trinajstić information content (AvgIpc) is 2.91. The first-order chi connectivity index (χ1) is 8.81. The Morgan fingerprint density at radius 1 is 1.22 bits per heavy atom. The molecule has 100 valence electrons. The number of nitrogens with two attached hydrogens (primary N) is 1. The number of hydrogen-bond donors (Lipinski definition) is 1. The van der Waals surface area contributed by atoms with Crippen molar-refractivity contribution in [3.63, 3.8) is 0 Å². The van der Waals surface area contributed by atoms with Crippen molar-refractivity contribution in [2.24, 2.45) is 11.7 Å². The lowest BCUT2D eigenvalue weighted by atomic mass is 9.99. The van der Waals surface area contributed by atoms with E-state index in [4.69, 9.17) is 10.5 Å². The van der Waals surface area contributed by atoms with Gasteiger partial charge in [-0.2, -0.15) is 0 Å². The molecule has 1 saturated heterocycles. The number of benzene rings is 1. The van der Waals surface area contributed by atoms with Crippen LogP contribution in [0.2, 0.25) is 0 Å². The van der Waals surface area contributed by atoms with Gasteiger partial charge < -0.3 is 15.4 Å². The Hall–Kier alpha value is -1.06. The first-order valence-electron chi connectivity index (χ1n) is 6.87. The van der Waals surface area contributed by atoms with Crippen LogP contribution in [0.15, 0.2) is 24.3 Å². The van der Waals surface area contributed by atoms with Gasteiger partial charge in [0.15, 0.2) is 0 Å². The molecule has 1 aromatic carbocycles. The van der Waals surface area contributed by atoms with Crippen molar-refractivity contribution in [2.75, 3.05) is 33.3 Å². The highest BCUT2D eigenvalue weighted by Gasteiger charge is 2.16. The van der Waals surface area contributed by atoms with Gasteiger partial charge in [-0.05, 0) is 62.5 Å². The molecular weight excluding hydrogens is 224 g/mol. The van der Waals surface area contributed by atoms with Crippen LogP contribution in [0.3, 0.4) is 0 Å². The Morgan fingerprint density at radius 3 is 2.44 bits per heavy atom. The largest absolute Gasteiger partial charge is 0.497 e. The van der Waals surface area contributed by atoms with E-state index in [1.54, 1.807) is 7.11 Å². The standard InChI is InChI=1S/C15H24N2O/c1-18-15-6-4-13(5-7-15)10-14(11-16)12-17-8-2-3-9-17/h4-7,14H,2-3,8-12,16H2,1H3. The molecule has 0 aliphatic carbocycles. The summed E-state index contributed by atoms with van der Waals surface area (Å²) in [5.74, 6) is 1.49. The van der Waals surface area contributed by atoms with Crippen molar-refractivity contribution in [2.45, 2.75) is 19.3 Å². The molecule has 3 nitrogen and oxygen atoms in total. The molecule has 1 atom stereocenters. The highest BCUT2D eigenvalue weighted by Crippen LogP contribution is 2.16. The van der Waals surface area contributed by atoms with Gasteiger partial charge in [0, 0.05) is 6.54 Å². The molecule has 2 rings (SSSR count).